The third-order valence-electron chi connectivity index (χ3n) is 2.14. The number of hydrogen-bond donors (Lipinski definition) is 0. The summed E-state index contributed by atoms with van der Waals surface area (Å²) in [5.41, 5.74) is 1.64. The molecule has 1 aromatic rings. The average molecular weight is 246 g/mol. The van der Waals surface area contributed by atoms with Crippen molar-refractivity contribution in [2.45, 2.75) is 46.1 Å². The smallest absolute Gasteiger partial charge is 0.306 e. The lowest BCUT2D eigenvalue weighted by Gasteiger charge is -2.19. The van der Waals surface area contributed by atoms with Crippen molar-refractivity contribution in [1.82, 2.24) is 4.98 Å². The molecule has 0 saturated carbocycles. The van der Waals surface area contributed by atoms with Gasteiger partial charge in [-0.05, 0) is 45.4 Å². The predicted octanol–water partition coefficient (Wildman–Crippen LogP) is 2.54. The topological polar surface area (TPSA) is 63.0 Å². The molecular weight excluding hydrogens is 228 g/mol. The molecule has 0 amide bonds. The molecule has 1 aromatic heterocycles. The summed E-state index contributed by atoms with van der Waals surface area (Å²) in [6, 6.07) is 5.61. The van der Waals surface area contributed by atoms with Gasteiger partial charge in [-0.3, -0.25) is 4.79 Å². The fourth-order valence-electron chi connectivity index (χ4n) is 1.55. The van der Waals surface area contributed by atoms with Gasteiger partial charge in [0, 0.05) is 12.1 Å². The van der Waals surface area contributed by atoms with Gasteiger partial charge in [0.15, 0.2) is 0 Å². The summed E-state index contributed by atoms with van der Waals surface area (Å²) in [6.45, 7) is 7.41. The van der Waals surface area contributed by atoms with Crippen LogP contribution in [0.25, 0.3) is 0 Å². The van der Waals surface area contributed by atoms with Crippen molar-refractivity contribution in [3.63, 3.8) is 0 Å². The fraction of sp³-hybridized carbons (Fsp3) is 0.500. The Labute approximate surface area is 108 Å². The van der Waals surface area contributed by atoms with E-state index in [1.54, 1.807) is 6.07 Å². The molecule has 4 nitrogen and oxygen atoms in total. The van der Waals surface area contributed by atoms with Gasteiger partial charge in [0.1, 0.15) is 17.4 Å². The van der Waals surface area contributed by atoms with E-state index >= 15 is 0 Å². The van der Waals surface area contributed by atoms with Crippen molar-refractivity contribution in [1.29, 1.82) is 5.26 Å². The van der Waals surface area contributed by atoms with Crippen LogP contribution in [0.3, 0.4) is 0 Å². The third-order valence-corrected chi connectivity index (χ3v) is 2.14. The van der Waals surface area contributed by atoms with Crippen molar-refractivity contribution in [2.75, 3.05) is 0 Å². The van der Waals surface area contributed by atoms with E-state index in [2.05, 4.69) is 4.98 Å². The molecule has 0 saturated heterocycles. The molecule has 0 unspecified atom stereocenters. The van der Waals surface area contributed by atoms with E-state index in [-0.39, 0.29) is 12.4 Å². The Kier molecular flexibility index (Phi) is 4.43. The van der Waals surface area contributed by atoms with Gasteiger partial charge >= 0.3 is 5.97 Å². The molecule has 0 aromatic carbocycles. The van der Waals surface area contributed by atoms with Gasteiger partial charge < -0.3 is 4.74 Å². The van der Waals surface area contributed by atoms with Gasteiger partial charge in [0.25, 0.3) is 0 Å². The highest BCUT2D eigenvalue weighted by Gasteiger charge is 2.16. The van der Waals surface area contributed by atoms with Crippen LogP contribution < -0.4 is 0 Å². The number of aryl methyl sites for hydroxylation is 2. The highest BCUT2D eigenvalue weighted by Crippen LogP contribution is 2.11. The van der Waals surface area contributed by atoms with E-state index in [4.69, 9.17) is 10.00 Å². The standard InChI is InChI=1S/C14H18N2O2/c1-10-7-11(16-12(8-10)9-15)5-6-13(17)18-14(2,3)4/h7-8H,5-6H2,1-4H3. The Morgan fingerprint density at radius 2 is 2.11 bits per heavy atom. The zero-order valence-electron chi connectivity index (χ0n) is 11.3. The molecule has 0 N–H and O–H groups in total. The Morgan fingerprint density at radius 3 is 2.67 bits per heavy atom. The van der Waals surface area contributed by atoms with E-state index in [9.17, 15) is 4.79 Å². The van der Waals surface area contributed by atoms with E-state index in [1.807, 2.05) is 39.8 Å². The number of nitrogens with zero attached hydrogens (tertiary/aromatic N) is 2. The van der Waals surface area contributed by atoms with Crippen molar-refractivity contribution in [3.05, 3.63) is 29.1 Å². The zero-order valence-corrected chi connectivity index (χ0v) is 11.3. The second kappa shape index (κ2) is 5.63. The molecule has 0 fully saturated rings. The minimum atomic E-state index is -0.463. The average Bonchev–Trinajstić information content (AvgIpc) is 2.23. The summed E-state index contributed by atoms with van der Waals surface area (Å²) in [6.07, 6.45) is 0.768. The molecule has 0 aliphatic rings. The number of esters is 1. The first-order valence-corrected chi connectivity index (χ1v) is 5.90. The molecule has 0 radical (unpaired) electrons. The lowest BCUT2D eigenvalue weighted by molar-refractivity contribution is -0.154. The minimum Gasteiger partial charge on any atom is -0.460 e. The molecule has 0 atom stereocenters. The molecule has 0 spiro atoms. The quantitative estimate of drug-likeness (QED) is 0.769. The van der Waals surface area contributed by atoms with E-state index < -0.39 is 5.60 Å². The van der Waals surface area contributed by atoms with Crippen LogP contribution in [0.15, 0.2) is 12.1 Å². The number of hydrogen-bond acceptors (Lipinski definition) is 4. The van der Waals surface area contributed by atoms with Gasteiger partial charge in [-0.25, -0.2) is 4.98 Å². The zero-order chi connectivity index (χ0) is 13.8. The molecule has 96 valence electrons. The molecular formula is C14H18N2O2. The molecule has 1 heterocycles. The Bertz CT molecular complexity index is 482. The molecule has 4 heteroatoms. The van der Waals surface area contributed by atoms with Crippen LogP contribution in [0.2, 0.25) is 0 Å². The first-order valence-electron chi connectivity index (χ1n) is 5.90. The molecule has 0 aliphatic heterocycles. The summed E-state index contributed by atoms with van der Waals surface area (Å²) < 4.78 is 5.21. The van der Waals surface area contributed by atoms with Crippen LogP contribution in [-0.4, -0.2) is 16.6 Å². The monoisotopic (exact) mass is 246 g/mol. The van der Waals surface area contributed by atoms with Crippen molar-refractivity contribution in [3.8, 4) is 6.07 Å². The Morgan fingerprint density at radius 1 is 1.44 bits per heavy atom. The molecule has 1 rings (SSSR count). The van der Waals surface area contributed by atoms with Crippen LogP contribution in [0.4, 0.5) is 0 Å². The van der Waals surface area contributed by atoms with Crippen LogP contribution in [0, 0.1) is 18.3 Å². The minimum absolute atomic E-state index is 0.246. The van der Waals surface area contributed by atoms with Crippen LogP contribution in [0.5, 0.6) is 0 Å². The van der Waals surface area contributed by atoms with Crippen molar-refractivity contribution in [2.24, 2.45) is 0 Å². The van der Waals surface area contributed by atoms with Gasteiger partial charge in [0.2, 0.25) is 0 Å². The summed E-state index contributed by atoms with van der Waals surface area (Å²) in [5.74, 6) is -0.246. The molecule has 0 aliphatic carbocycles. The Balaban J connectivity index is 2.62. The van der Waals surface area contributed by atoms with Crippen LogP contribution >= 0.6 is 0 Å². The summed E-state index contributed by atoms with van der Waals surface area (Å²) in [4.78, 5) is 15.7. The van der Waals surface area contributed by atoms with Gasteiger partial charge in [-0.1, -0.05) is 0 Å². The Hall–Kier alpha value is -1.89. The van der Waals surface area contributed by atoms with Gasteiger partial charge in [0.05, 0.1) is 6.42 Å². The normalized spacial score (nSPS) is 10.8. The summed E-state index contributed by atoms with van der Waals surface area (Å²) in [7, 11) is 0. The lowest BCUT2D eigenvalue weighted by atomic mass is 10.1. The lowest BCUT2D eigenvalue weighted by Crippen LogP contribution is -2.24. The third kappa shape index (κ3) is 4.96. The first kappa shape index (κ1) is 14.2. The molecule has 18 heavy (non-hydrogen) atoms. The number of ether oxygens (including phenoxy) is 1. The number of pyridine rings is 1. The number of aromatic nitrogens is 1. The maximum absolute atomic E-state index is 11.6. The SMILES string of the molecule is Cc1cc(C#N)nc(CCC(=O)OC(C)(C)C)c1. The number of carbonyl (C=O) groups excluding carboxylic acids is 1. The van der Waals surface area contributed by atoms with E-state index in [0.29, 0.717) is 12.1 Å². The highest BCUT2D eigenvalue weighted by atomic mass is 16.6. The fourth-order valence-corrected chi connectivity index (χ4v) is 1.55. The van der Waals surface area contributed by atoms with Crippen molar-refractivity contribution < 1.29 is 9.53 Å². The summed E-state index contributed by atoms with van der Waals surface area (Å²) in [5, 5.41) is 8.81. The van der Waals surface area contributed by atoms with E-state index in [1.165, 1.54) is 0 Å². The van der Waals surface area contributed by atoms with Gasteiger partial charge in [-0.15, -0.1) is 0 Å². The second-order valence-electron chi connectivity index (χ2n) is 5.22. The summed E-state index contributed by atoms with van der Waals surface area (Å²) >= 11 is 0. The van der Waals surface area contributed by atoms with Crippen LogP contribution in [0.1, 0.15) is 44.1 Å². The number of rotatable bonds is 3. The van der Waals surface area contributed by atoms with Crippen LogP contribution in [-0.2, 0) is 16.0 Å². The van der Waals surface area contributed by atoms with Crippen molar-refractivity contribution >= 4 is 5.97 Å². The number of nitriles is 1. The second-order valence-corrected chi connectivity index (χ2v) is 5.22. The maximum Gasteiger partial charge on any atom is 0.306 e. The highest BCUT2D eigenvalue weighted by molar-refractivity contribution is 5.70. The predicted molar refractivity (Wildman–Crippen MR) is 67.9 cm³/mol. The first-order chi connectivity index (χ1) is 8.30. The maximum atomic E-state index is 11.6. The van der Waals surface area contributed by atoms with Gasteiger partial charge in [-0.2, -0.15) is 5.26 Å². The number of carbonyl (C=O) groups is 1. The largest absolute Gasteiger partial charge is 0.460 e. The van der Waals surface area contributed by atoms with E-state index in [0.717, 1.165) is 11.3 Å². The molecule has 0 bridgehead atoms.